The number of anilines is 1. The van der Waals surface area contributed by atoms with Crippen molar-refractivity contribution in [3.8, 4) is 11.3 Å². The van der Waals surface area contributed by atoms with Gasteiger partial charge in [-0.1, -0.05) is 36.7 Å². The summed E-state index contributed by atoms with van der Waals surface area (Å²) >= 11 is 6.43. The van der Waals surface area contributed by atoms with Gasteiger partial charge in [-0.15, -0.1) is 0 Å². The molecule has 13 heteroatoms. The summed E-state index contributed by atoms with van der Waals surface area (Å²) in [7, 11) is -4.06. The molecule has 10 nitrogen and oxygen atoms in total. The lowest BCUT2D eigenvalue weighted by Gasteiger charge is -2.25. The summed E-state index contributed by atoms with van der Waals surface area (Å²) in [6, 6.07) is 7.45. The van der Waals surface area contributed by atoms with Crippen molar-refractivity contribution in [3.63, 3.8) is 0 Å². The fraction of sp³-hybridized carbons (Fsp3) is 0.414. The van der Waals surface area contributed by atoms with Crippen molar-refractivity contribution in [2.45, 2.75) is 62.7 Å². The largest absolute Gasteiger partial charge is 0.394 e. The molecule has 0 radical (unpaired) electrons. The van der Waals surface area contributed by atoms with E-state index >= 15 is 0 Å². The Morgan fingerprint density at radius 3 is 2.71 bits per heavy atom. The molecule has 1 amide bonds. The Morgan fingerprint density at radius 1 is 1.24 bits per heavy atom. The van der Waals surface area contributed by atoms with Gasteiger partial charge in [0.05, 0.1) is 34.5 Å². The van der Waals surface area contributed by atoms with Crippen molar-refractivity contribution in [1.29, 1.82) is 0 Å². The van der Waals surface area contributed by atoms with Gasteiger partial charge < -0.3 is 20.5 Å². The molecule has 2 unspecified atom stereocenters. The average Bonchev–Trinajstić information content (AvgIpc) is 3.25. The van der Waals surface area contributed by atoms with Crippen molar-refractivity contribution in [2.75, 3.05) is 25.1 Å². The molecule has 3 N–H and O–H groups in total. The third-order valence-electron chi connectivity index (χ3n) is 7.65. The van der Waals surface area contributed by atoms with Crippen molar-refractivity contribution >= 4 is 33.5 Å². The molecule has 5 rings (SSSR count). The van der Waals surface area contributed by atoms with E-state index in [9.17, 15) is 22.7 Å². The number of rotatable bonds is 9. The number of hydrogen-bond donors (Lipinski definition) is 3. The second-order valence-corrected chi connectivity index (χ2v) is 12.7. The molecular formula is C29H33ClFN5O5S. The number of fused-ring (bicyclic) bond motifs is 1. The minimum Gasteiger partial charge on any atom is -0.394 e. The van der Waals surface area contributed by atoms with Crippen LogP contribution >= 0.6 is 11.6 Å². The number of carbonyl (C=O) groups is 1. The maximum absolute atomic E-state index is 14.1. The molecule has 2 atom stereocenters. The summed E-state index contributed by atoms with van der Waals surface area (Å²) in [4.78, 5) is 22.1. The Bertz CT molecular complexity index is 1580. The van der Waals surface area contributed by atoms with Gasteiger partial charge in [-0.25, -0.2) is 22.8 Å². The Labute approximate surface area is 249 Å². The zero-order valence-corrected chi connectivity index (χ0v) is 24.9. The van der Waals surface area contributed by atoms with Gasteiger partial charge in [-0.3, -0.25) is 4.79 Å². The SMILES string of the molecule is CCc1cc(F)cc(C(CO)NC(=O)C(C)N2Cc3ccc(-c4nc(NC5CCOCC5)ncc4Cl)cc3S2(=O)=O)c1. The fourth-order valence-electron chi connectivity index (χ4n) is 5.20. The first kappa shape index (κ1) is 30.3. The maximum atomic E-state index is 14.1. The van der Waals surface area contributed by atoms with Crippen molar-refractivity contribution in [2.24, 2.45) is 0 Å². The molecule has 2 aliphatic heterocycles. The van der Waals surface area contributed by atoms with Crippen LogP contribution in [-0.2, 0) is 32.5 Å². The monoisotopic (exact) mass is 617 g/mol. The van der Waals surface area contributed by atoms with Crippen LogP contribution in [0.1, 0.15) is 49.4 Å². The topological polar surface area (TPSA) is 134 Å². The first-order valence-corrected chi connectivity index (χ1v) is 15.6. The van der Waals surface area contributed by atoms with E-state index < -0.39 is 40.4 Å². The summed E-state index contributed by atoms with van der Waals surface area (Å²) in [6.07, 6.45) is 3.70. The van der Waals surface area contributed by atoms with Gasteiger partial charge in [0.1, 0.15) is 11.9 Å². The van der Waals surface area contributed by atoms with E-state index in [1.165, 1.54) is 31.3 Å². The van der Waals surface area contributed by atoms with Crippen LogP contribution in [0.2, 0.25) is 5.02 Å². The van der Waals surface area contributed by atoms with Crippen LogP contribution in [0.25, 0.3) is 11.3 Å². The zero-order chi connectivity index (χ0) is 30.0. The van der Waals surface area contributed by atoms with E-state index in [0.717, 1.165) is 22.7 Å². The molecule has 0 spiro atoms. The van der Waals surface area contributed by atoms with Crippen LogP contribution < -0.4 is 10.6 Å². The fourth-order valence-corrected chi connectivity index (χ4v) is 7.21. The Morgan fingerprint density at radius 2 is 2.00 bits per heavy atom. The summed E-state index contributed by atoms with van der Waals surface area (Å²) in [6.45, 7) is 4.16. The molecule has 0 bridgehead atoms. The van der Waals surface area contributed by atoms with E-state index in [0.29, 0.717) is 48.0 Å². The predicted molar refractivity (Wildman–Crippen MR) is 156 cm³/mol. The van der Waals surface area contributed by atoms with Crippen molar-refractivity contribution in [3.05, 3.63) is 70.1 Å². The highest BCUT2D eigenvalue weighted by atomic mass is 35.5. The summed E-state index contributed by atoms with van der Waals surface area (Å²) in [5.74, 6) is -0.705. The Kier molecular flexibility index (Phi) is 9.09. The second-order valence-electron chi connectivity index (χ2n) is 10.5. The van der Waals surface area contributed by atoms with Crippen LogP contribution in [-0.4, -0.2) is 65.6 Å². The molecule has 42 heavy (non-hydrogen) atoms. The quantitative estimate of drug-likeness (QED) is 0.330. The lowest BCUT2D eigenvalue weighted by molar-refractivity contribution is -0.125. The van der Waals surface area contributed by atoms with Crippen LogP contribution in [0.4, 0.5) is 10.3 Å². The summed E-state index contributed by atoms with van der Waals surface area (Å²) in [5.41, 5.74) is 2.53. The highest BCUT2D eigenvalue weighted by Gasteiger charge is 2.41. The third kappa shape index (κ3) is 6.28. The van der Waals surface area contributed by atoms with Gasteiger partial charge in [-0.2, -0.15) is 4.31 Å². The van der Waals surface area contributed by atoms with Crippen LogP contribution in [0, 0.1) is 5.82 Å². The highest BCUT2D eigenvalue weighted by Crippen LogP contribution is 2.36. The highest BCUT2D eigenvalue weighted by molar-refractivity contribution is 7.89. The van der Waals surface area contributed by atoms with E-state index in [1.807, 2.05) is 6.92 Å². The molecule has 2 aliphatic rings. The summed E-state index contributed by atoms with van der Waals surface area (Å²) < 4.78 is 47.9. The van der Waals surface area contributed by atoms with E-state index in [4.69, 9.17) is 16.3 Å². The average molecular weight is 618 g/mol. The van der Waals surface area contributed by atoms with Gasteiger partial charge in [0, 0.05) is 31.4 Å². The van der Waals surface area contributed by atoms with Crippen LogP contribution in [0.15, 0.2) is 47.5 Å². The lowest BCUT2D eigenvalue weighted by atomic mass is 10.0. The first-order valence-electron chi connectivity index (χ1n) is 13.8. The van der Waals surface area contributed by atoms with Crippen LogP contribution in [0.3, 0.4) is 0 Å². The molecule has 0 aliphatic carbocycles. The number of hydrogen-bond acceptors (Lipinski definition) is 8. The van der Waals surface area contributed by atoms with Gasteiger partial charge in [0.15, 0.2) is 0 Å². The Balaban J connectivity index is 1.35. The number of amides is 1. The molecule has 1 fully saturated rings. The third-order valence-corrected chi connectivity index (χ3v) is 9.93. The van der Waals surface area contributed by atoms with E-state index in [-0.39, 0.29) is 22.5 Å². The molecule has 224 valence electrons. The number of aryl methyl sites for hydroxylation is 1. The van der Waals surface area contributed by atoms with Crippen LogP contribution in [0.5, 0.6) is 0 Å². The number of aliphatic hydroxyl groups excluding tert-OH is 1. The smallest absolute Gasteiger partial charge is 0.244 e. The number of nitrogens with one attached hydrogen (secondary N) is 2. The van der Waals surface area contributed by atoms with Crippen molar-refractivity contribution < 1.29 is 27.4 Å². The van der Waals surface area contributed by atoms with Crippen molar-refractivity contribution in [1.82, 2.24) is 19.6 Å². The number of aromatic nitrogens is 2. The number of benzene rings is 2. The molecule has 2 aromatic carbocycles. The Hall–Kier alpha value is -3.16. The number of sulfonamides is 1. The normalized spacial score (nSPS) is 18.3. The number of carbonyl (C=O) groups excluding carboxylic acids is 1. The van der Waals surface area contributed by atoms with Gasteiger partial charge in [0.25, 0.3) is 0 Å². The summed E-state index contributed by atoms with van der Waals surface area (Å²) in [5, 5.41) is 16.2. The number of halogens is 2. The molecular weight excluding hydrogens is 585 g/mol. The second kappa shape index (κ2) is 12.6. The maximum Gasteiger partial charge on any atom is 0.244 e. The molecule has 1 aromatic heterocycles. The predicted octanol–water partition coefficient (Wildman–Crippen LogP) is 3.83. The van der Waals surface area contributed by atoms with Gasteiger partial charge in [0.2, 0.25) is 21.9 Å². The first-order chi connectivity index (χ1) is 20.1. The van der Waals surface area contributed by atoms with E-state index in [1.54, 1.807) is 18.2 Å². The van der Waals surface area contributed by atoms with Gasteiger partial charge >= 0.3 is 0 Å². The van der Waals surface area contributed by atoms with Gasteiger partial charge in [-0.05, 0) is 61.1 Å². The minimum atomic E-state index is -4.06. The number of nitrogens with zero attached hydrogens (tertiary/aromatic N) is 3. The lowest BCUT2D eigenvalue weighted by Crippen LogP contribution is -2.46. The van der Waals surface area contributed by atoms with E-state index in [2.05, 4.69) is 20.6 Å². The molecule has 0 saturated carbocycles. The number of ether oxygens (including phenoxy) is 1. The molecule has 1 saturated heterocycles. The number of aliphatic hydroxyl groups is 1. The minimum absolute atomic E-state index is 0.00959. The molecule has 3 heterocycles. The molecule has 3 aromatic rings. The standard InChI is InChI=1S/C29H33ClFN5O5S/c1-3-18-10-21(12-22(31)11-18)25(16-37)34-28(38)17(2)36-15-20-5-4-19(13-26(20)42(36,39)40)27-24(30)14-32-29(35-27)33-23-6-8-41-9-7-23/h4-5,10-14,17,23,25,37H,3,6-9,15-16H2,1-2H3,(H,34,38)(H,32,33,35). The zero-order valence-electron chi connectivity index (χ0n) is 23.3.